The number of carbonyl (C=O) groups excluding carboxylic acids is 4. The maximum atomic E-state index is 12.9. The summed E-state index contributed by atoms with van der Waals surface area (Å²) in [6, 6.07) is 4.38. The zero-order chi connectivity index (χ0) is 19.6. The molecule has 1 saturated carbocycles. The number of likely N-dealkylation sites (tertiary alicyclic amines) is 1. The van der Waals surface area contributed by atoms with Crippen LogP contribution in [0.5, 0.6) is 0 Å². The molecule has 8 heteroatoms. The van der Waals surface area contributed by atoms with Gasteiger partial charge in [-0.3, -0.25) is 34.3 Å². The Bertz CT molecular complexity index is 925. The molecule has 3 aliphatic heterocycles. The number of imide groups is 2. The quantitative estimate of drug-likeness (QED) is 0.702. The van der Waals surface area contributed by atoms with Gasteiger partial charge in [-0.2, -0.15) is 0 Å². The first-order valence-corrected chi connectivity index (χ1v) is 9.69. The minimum Gasteiger partial charge on any atom is -0.330 e. The molecule has 28 heavy (non-hydrogen) atoms. The van der Waals surface area contributed by atoms with Crippen LogP contribution in [0.3, 0.4) is 0 Å². The first-order valence-electron chi connectivity index (χ1n) is 9.69. The Kier molecular flexibility index (Phi) is 3.73. The Labute approximate surface area is 162 Å². The van der Waals surface area contributed by atoms with Gasteiger partial charge in [-0.05, 0) is 48.4 Å². The second kappa shape index (κ2) is 5.96. The number of nitrogens with zero attached hydrogens (tertiary/aromatic N) is 2. The minimum atomic E-state index is -0.927. The first kappa shape index (κ1) is 17.5. The Morgan fingerprint density at radius 2 is 1.93 bits per heavy atom. The number of carbonyl (C=O) groups is 4. The molecular weight excluding hydrogens is 360 g/mol. The first-order chi connectivity index (χ1) is 13.4. The number of nitrogens with one attached hydrogen (secondary N) is 1. The lowest BCUT2D eigenvalue weighted by Crippen LogP contribution is -2.54. The standard InChI is InChI=1S/C20H22N4O4/c21-9-20-6-12(20)8-23(10-20)7-11-1-2-13-14(5-11)19(28)24(18(13)27)15-3-4-16(25)22-17(15)26/h1-2,5,12,15H,3-4,6-10,21H2,(H,22,25,26)/t12-,15?,20-/m1/s1. The van der Waals surface area contributed by atoms with E-state index in [1.807, 2.05) is 6.07 Å². The van der Waals surface area contributed by atoms with E-state index in [9.17, 15) is 19.2 Å². The lowest BCUT2D eigenvalue weighted by molar-refractivity contribution is -0.136. The fourth-order valence-electron chi connectivity index (χ4n) is 5.01. The van der Waals surface area contributed by atoms with E-state index in [1.54, 1.807) is 12.1 Å². The van der Waals surface area contributed by atoms with Crippen LogP contribution in [0.2, 0.25) is 0 Å². The number of fused-ring (bicyclic) bond motifs is 2. The molecule has 3 N–H and O–H groups in total. The summed E-state index contributed by atoms with van der Waals surface area (Å²) in [4.78, 5) is 52.5. The molecular formula is C20H22N4O4. The predicted octanol–water partition coefficient (Wildman–Crippen LogP) is -0.132. The van der Waals surface area contributed by atoms with Crippen molar-refractivity contribution in [3.8, 4) is 0 Å². The molecule has 3 fully saturated rings. The summed E-state index contributed by atoms with van der Waals surface area (Å²) < 4.78 is 0. The van der Waals surface area contributed by atoms with E-state index in [4.69, 9.17) is 5.73 Å². The molecule has 5 rings (SSSR count). The number of benzene rings is 1. The van der Waals surface area contributed by atoms with Crippen molar-refractivity contribution in [2.24, 2.45) is 17.1 Å². The van der Waals surface area contributed by atoms with Crippen molar-refractivity contribution in [3.63, 3.8) is 0 Å². The van der Waals surface area contributed by atoms with E-state index in [0.29, 0.717) is 30.1 Å². The molecule has 1 aromatic carbocycles. The van der Waals surface area contributed by atoms with Gasteiger partial charge in [-0.15, -0.1) is 0 Å². The van der Waals surface area contributed by atoms with Gasteiger partial charge in [0, 0.05) is 26.1 Å². The van der Waals surface area contributed by atoms with Crippen LogP contribution in [0, 0.1) is 11.3 Å². The summed E-state index contributed by atoms with van der Waals surface area (Å²) in [5, 5.41) is 2.21. The number of hydrogen-bond donors (Lipinski definition) is 2. The fourth-order valence-corrected chi connectivity index (χ4v) is 5.01. The molecule has 1 aliphatic carbocycles. The molecule has 0 radical (unpaired) electrons. The van der Waals surface area contributed by atoms with Gasteiger partial charge >= 0.3 is 0 Å². The van der Waals surface area contributed by atoms with Crippen LogP contribution in [0.25, 0.3) is 0 Å². The summed E-state index contributed by atoms with van der Waals surface area (Å²) in [5.41, 5.74) is 7.82. The number of hydrogen-bond acceptors (Lipinski definition) is 6. The van der Waals surface area contributed by atoms with Gasteiger partial charge in [0.25, 0.3) is 11.8 Å². The predicted molar refractivity (Wildman–Crippen MR) is 98.0 cm³/mol. The third kappa shape index (κ3) is 2.51. The van der Waals surface area contributed by atoms with Crippen LogP contribution in [0.4, 0.5) is 0 Å². The highest BCUT2D eigenvalue weighted by Crippen LogP contribution is 2.57. The van der Waals surface area contributed by atoms with Crippen LogP contribution >= 0.6 is 0 Å². The van der Waals surface area contributed by atoms with Gasteiger partial charge in [0.05, 0.1) is 11.1 Å². The smallest absolute Gasteiger partial charge is 0.262 e. The zero-order valence-corrected chi connectivity index (χ0v) is 15.4. The number of piperidine rings is 2. The fraction of sp³-hybridized carbons (Fsp3) is 0.500. The normalized spacial score (nSPS) is 31.8. The molecule has 3 heterocycles. The summed E-state index contributed by atoms with van der Waals surface area (Å²) in [7, 11) is 0. The van der Waals surface area contributed by atoms with E-state index >= 15 is 0 Å². The number of nitrogens with two attached hydrogens (primary N) is 1. The van der Waals surface area contributed by atoms with Gasteiger partial charge in [-0.1, -0.05) is 6.07 Å². The molecule has 2 saturated heterocycles. The summed E-state index contributed by atoms with van der Waals surface area (Å²) in [6.07, 6.45) is 1.49. The average Bonchev–Trinajstić information content (AvgIpc) is 3.14. The van der Waals surface area contributed by atoms with E-state index in [0.717, 1.165) is 23.6 Å². The number of amides is 4. The Hall–Kier alpha value is -2.58. The van der Waals surface area contributed by atoms with E-state index < -0.39 is 23.8 Å². The van der Waals surface area contributed by atoms with Crippen molar-refractivity contribution in [2.45, 2.75) is 31.8 Å². The van der Waals surface area contributed by atoms with Gasteiger partial charge in [0.15, 0.2) is 0 Å². The highest BCUT2D eigenvalue weighted by molar-refractivity contribution is 6.23. The van der Waals surface area contributed by atoms with Crippen LogP contribution in [0.1, 0.15) is 45.5 Å². The van der Waals surface area contributed by atoms with E-state index in [-0.39, 0.29) is 24.2 Å². The third-order valence-electron chi connectivity index (χ3n) is 6.69. The topological polar surface area (TPSA) is 113 Å². The van der Waals surface area contributed by atoms with Gasteiger partial charge in [0.1, 0.15) is 6.04 Å². The molecule has 4 aliphatic rings. The van der Waals surface area contributed by atoms with Crippen molar-refractivity contribution in [2.75, 3.05) is 19.6 Å². The second-order valence-electron chi connectivity index (χ2n) is 8.46. The van der Waals surface area contributed by atoms with Gasteiger partial charge in [0.2, 0.25) is 11.8 Å². The summed E-state index contributed by atoms with van der Waals surface area (Å²) >= 11 is 0. The van der Waals surface area contributed by atoms with Gasteiger partial charge in [-0.25, -0.2) is 0 Å². The second-order valence-corrected chi connectivity index (χ2v) is 8.46. The van der Waals surface area contributed by atoms with Crippen molar-refractivity contribution >= 4 is 23.6 Å². The number of rotatable bonds is 4. The highest BCUT2D eigenvalue weighted by Gasteiger charge is 2.58. The largest absolute Gasteiger partial charge is 0.330 e. The molecule has 0 aromatic heterocycles. The third-order valence-corrected chi connectivity index (χ3v) is 6.69. The molecule has 8 nitrogen and oxygen atoms in total. The molecule has 0 spiro atoms. The maximum Gasteiger partial charge on any atom is 0.262 e. The highest BCUT2D eigenvalue weighted by atomic mass is 16.2. The molecule has 3 atom stereocenters. The average molecular weight is 382 g/mol. The van der Waals surface area contributed by atoms with Crippen LogP contribution in [-0.2, 0) is 16.1 Å². The Balaban J connectivity index is 1.35. The summed E-state index contributed by atoms with van der Waals surface area (Å²) in [5.74, 6) is -1.21. The van der Waals surface area contributed by atoms with Gasteiger partial charge < -0.3 is 5.73 Å². The Morgan fingerprint density at radius 3 is 2.64 bits per heavy atom. The molecule has 0 bridgehead atoms. The van der Waals surface area contributed by atoms with Crippen LogP contribution in [-0.4, -0.2) is 59.1 Å². The molecule has 1 aromatic rings. The SMILES string of the molecule is NC[C@@]12C[C@@H]1CN(Cc1ccc3c(c1)C(=O)N(C1CCC(=O)NC1=O)C3=O)C2. The lowest BCUT2D eigenvalue weighted by Gasteiger charge is -2.27. The molecule has 4 amide bonds. The van der Waals surface area contributed by atoms with Crippen molar-refractivity contribution < 1.29 is 19.2 Å². The zero-order valence-electron chi connectivity index (χ0n) is 15.4. The minimum absolute atomic E-state index is 0.119. The van der Waals surface area contributed by atoms with Crippen LogP contribution in [0.15, 0.2) is 18.2 Å². The van der Waals surface area contributed by atoms with Crippen LogP contribution < -0.4 is 11.1 Å². The van der Waals surface area contributed by atoms with Crippen molar-refractivity contribution in [1.82, 2.24) is 15.1 Å². The van der Waals surface area contributed by atoms with E-state index in [2.05, 4.69) is 10.2 Å². The lowest BCUT2D eigenvalue weighted by atomic mass is 10.0. The Morgan fingerprint density at radius 1 is 1.14 bits per heavy atom. The molecule has 1 unspecified atom stereocenters. The maximum absolute atomic E-state index is 12.9. The molecule has 146 valence electrons. The summed E-state index contributed by atoms with van der Waals surface area (Å²) in [6.45, 7) is 3.42. The van der Waals surface area contributed by atoms with Crippen molar-refractivity contribution in [3.05, 3.63) is 34.9 Å². The van der Waals surface area contributed by atoms with E-state index in [1.165, 1.54) is 6.42 Å². The monoisotopic (exact) mass is 382 g/mol. The van der Waals surface area contributed by atoms with Crippen molar-refractivity contribution in [1.29, 1.82) is 0 Å².